The maximum atomic E-state index is 10.9. The fourth-order valence-corrected chi connectivity index (χ4v) is 3.73. The Morgan fingerprint density at radius 1 is 1.57 bits per heavy atom. The normalized spacial score (nSPS) is 29.0. The Balaban J connectivity index is 2.23. The molecule has 2 atom stereocenters. The van der Waals surface area contributed by atoms with Crippen LogP contribution in [-0.2, 0) is 14.6 Å². The third-order valence-electron chi connectivity index (χ3n) is 2.14. The van der Waals surface area contributed by atoms with E-state index in [-0.39, 0.29) is 17.0 Å². The highest BCUT2D eigenvalue weighted by Gasteiger charge is 2.22. The van der Waals surface area contributed by atoms with Gasteiger partial charge in [-0.05, 0) is 6.42 Å². The molecule has 6 heteroatoms. The Hall–Kier alpha value is 0.220. The van der Waals surface area contributed by atoms with Crippen LogP contribution in [-0.4, -0.2) is 50.7 Å². The van der Waals surface area contributed by atoms with Crippen LogP contribution >= 0.6 is 11.8 Å². The Morgan fingerprint density at radius 2 is 2.29 bits per heavy atom. The summed E-state index contributed by atoms with van der Waals surface area (Å²) in [7, 11) is -2.84. The largest absolute Gasteiger partial charge is 0.380 e. The van der Waals surface area contributed by atoms with Gasteiger partial charge in [-0.3, -0.25) is 0 Å². The van der Waals surface area contributed by atoms with Gasteiger partial charge in [0.15, 0.2) is 0 Å². The van der Waals surface area contributed by atoms with Crippen molar-refractivity contribution in [3.8, 4) is 0 Å². The summed E-state index contributed by atoms with van der Waals surface area (Å²) >= 11 is 1.60. The maximum absolute atomic E-state index is 10.9. The molecule has 0 aromatic rings. The van der Waals surface area contributed by atoms with Crippen LogP contribution in [0.1, 0.15) is 6.42 Å². The molecule has 0 aromatic heterocycles. The zero-order valence-electron chi connectivity index (χ0n) is 8.31. The highest BCUT2D eigenvalue weighted by Crippen LogP contribution is 2.20. The number of hydrogen-bond donors (Lipinski definition) is 1. The molecule has 2 N–H and O–H groups in total. The lowest BCUT2D eigenvalue weighted by molar-refractivity contribution is 0.0916. The molecule has 0 aromatic carbocycles. The molecule has 0 saturated carbocycles. The number of thioether (sulfide) groups is 1. The quantitative estimate of drug-likeness (QED) is 0.741. The van der Waals surface area contributed by atoms with Gasteiger partial charge in [-0.25, -0.2) is 8.42 Å². The van der Waals surface area contributed by atoms with E-state index in [1.165, 1.54) is 6.26 Å². The van der Waals surface area contributed by atoms with Gasteiger partial charge in [0.25, 0.3) is 0 Å². The van der Waals surface area contributed by atoms with Crippen LogP contribution in [0.5, 0.6) is 0 Å². The van der Waals surface area contributed by atoms with Crippen molar-refractivity contribution in [1.29, 1.82) is 0 Å². The number of rotatable bonds is 4. The first-order valence-electron chi connectivity index (χ1n) is 4.62. The molecule has 14 heavy (non-hydrogen) atoms. The minimum Gasteiger partial charge on any atom is -0.380 e. The summed E-state index contributed by atoms with van der Waals surface area (Å²) in [6.45, 7) is 1.37. The molecule has 0 radical (unpaired) electrons. The monoisotopic (exact) mass is 239 g/mol. The van der Waals surface area contributed by atoms with Gasteiger partial charge in [0.05, 0.1) is 12.4 Å². The molecule has 1 saturated heterocycles. The summed E-state index contributed by atoms with van der Waals surface area (Å²) in [5.41, 5.74) is 5.88. The smallest absolute Gasteiger partial charge is 0.148 e. The van der Waals surface area contributed by atoms with Crippen molar-refractivity contribution in [2.75, 3.05) is 31.0 Å². The molecule has 1 rings (SSSR count). The van der Waals surface area contributed by atoms with Crippen molar-refractivity contribution in [2.45, 2.75) is 17.7 Å². The van der Waals surface area contributed by atoms with E-state index in [9.17, 15) is 8.42 Å². The molecule has 84 valence electrons. The molecule has 1 aliphatic rings. The van der Waals surface area contributed by atoms with E-state index in [4.69, 9.17) is 10.5 Å². The van der Waals surface area contributed by atoms with Crippen molar-refractivity contribution < 1.29 is 13.2 Å². The lowest BCUT2D eigenvalue weighted by atomic mass is 10.1. The highest BCUT2D eigenvalue weighted by atomic mass is 32.2. The van der Waals surface area contributed by atoms with E-state index in [2.05, 4.69) is 0 Å². The SMILES string of the molecule is CS(=O)(=O)CCSC1COCCC1N. The van der Waals surface area contributed by atoms with Gasteiger partial charge in [-0.15, -0.1) is 0 Å². The summed E-state index contributed by atoms with van der Waals surface area (Å²) in [4.78, 5) is 0. The second kappa shape index (κ2) is 5.34. The molecule has 1 heterocycles. The van der Waals surface area contributed by atoms with Crippen LogP contribution < -0.4 is 5.73 Å². The van der Waals surface area contributed by atoms with Crippen molar-refractivity contribution in [2.24, 2.45) is 5.73 Å². The zero-order chi connectivity index (χ0) is 10.6. The third kappa shape index (κ3) is 4.63. The van der Waals surface area contributed by atoms with E-state index >= 15 is 0 Å². The molecule has 2 unspecified atom stereocenters. The molecule has 1 aliphatic heterocycles. The predicted molar refractivity (Wildman–Crippen MR) is 59.4 cm³/mol. The van der Waals surface area contributed by atoms with Gasteiger partial charge in [0, 0.05) is 29.9 Å². The van der Waals surface area contributed by atoms with Gasteiger partial charge in [-0.2, -0.15) is 11.8 Å². The van der Waals surface area contributed by atoms with Crippen LogP contribution in [0.15, 0.2) is 0 Å². The highest BCUT2D eigenvalue weighted by molar-refractivity contribution is 8.01. The average molecular weight is 239 g/mol. The molecule has 0 amide bonds. The Kier molecular flexibility index (Phi) is 4.69. The molecule has 0 spiro atoms. The van der Waals surface area contributed by atoms with Crippen LogP contribution in [0.3, 0.4) is 0 Å². The number of sulfone groups is 1. The topological polar surface area (TPSA) is 69.4 Å². The second-order valence-electron chi connectivity index (χ2n) is 3.57. The first-order chi connectivity index (χ1) is 6.49. The van der Waals surface area contributed by atoms with E-state index < -0.39 is 9.84 Å². The Morgan fingerprint density at radius 3 is 2.86 bits per heavy atom. The van der Waals surface area contributed by atoms with Gasteiger partial charge < -0.3 is 10.5 Å². The molecule has 0 aliphatic carbocycles. The molecule has 4 nitrogen and oxygen atoms in total. The van der Waals surface area contributed by atoms with Crippen molar-refractivity contribution in [3.05, 3.63) is 0 Å². The van der Waals surface area contributed by atoms with Crippen LogP contribution in [0.2, 0.25) is 0 Å². The first kappa shape index (κ1) is 12.3. The van der Waals surface area contributed by atoms with E-state index in [1.54, 1.807) is 11.8 Å². The molecular weight excluding hydrogens is 222 g/mol. The lowest BCUT2D eigenvalue weighted by Crippen LogP contribution is -2.41. The van der Waals surface area contributed by atoms with Gasteiger partial charge in [0.2, 0.25) is 0 Å². The maximum Gasteiger partial charge on any atom is 0.148 e. The van der Waals surface area contributed by atoms with Crippen molar-refractivity contribution >= 4 is 21.6 Å². The van der Waals surface area contributed by atoms with E-state index in [0.29, 0.717) is 12.4 Å². The van der Waals surface area contributed by atoms with Gasteiger partial charge in [-0.1, -0.05) is 0 Å². The summed E-state index contributed by atoms with van der Waals surface area (Å²) in [6.07, 6.45) is 2.13. The number of nitrogens with two attached hydrogens (primary N) is 1. The van der Waals surface area contributed by atoms with Crippen LogP contribution in [0.4, 0.5) is 0 Å². The van der Waals surface area contributed by atoms with Gasteiger partial charge in [0.1, 0.15) is 9.84 Å². The number of hydrogen-bond acceptors (Lipinski definition) is 5. The molecule has 1 fully saturated rings. The minimum absolute atomic E-state index is 0.147. The Bertz CT molecular complexity index is 266. The first-order valence-corrected chi connectivity index (χ1v) is 7.72. The summed E-state index contributed by atoms with van der Waals surface area (Å²) in [5.74, 6) is 0.835. The fraction of sp³-hybridized carbons (Fsp3) is 1.00. The third-order valence-corrected chi connectivity index (χ3v) is 4.70. The van der Waals surface area contributed by atoms with Gasteiger partial charge >= 0.3 is 0 Å². The summed E-state index contributed by atoms with van der Waals surface area (Å²) in [6, 6.07) is 0.147. The van der Waals surface area contributed by atoms with E-state index in [0.717, 1.165) is 13.0 Å². The lowest BCUT2D eigenvalue weighted by Gasteiger charge is -2.27. The number of ether oxygens (including phenoxy) is 1. The predicted octanol–water partition coefficient (Wildman–Crippen LogP) is -0.120. The Labute approximate surface area is 89.5 Å². The second-order valence-corrected chi connectivity index (χ2v) is 7.17. The average Bonchev–Trinajstić information content (AvgIpc) is 2.06. The minimum atomic E-state index is -2.84. The van der Waals surface area contributed by atoms with Crippen molar-refractivity contribution in [3.63, 3.8) is 0 Å². The van der Waals surface area contributed by atoms with Crippen molar-refractivity contribution in [1.82, 2.24) is 0 Å². The van der Waals surface area contributed by atoms with Crippen LogP contribution in [0.25, 0.3) is 0 Å². The van der Waals surface area contributed by atoms with Crippen LogP contribution in [0, 0.1) is 0 Å². The standard InChI is InChI=1S/C8H17NO3S2/c1-14(10,11)5-4-13-8-6-12-3-2-7(8)9/h7-8H,2-6,9H2,1H3. The zero-order valence-corrected chi connectivity index (χ0v) is 9.94. The molecule has 0 bridgehead atoms. The summed E-state index contributed by atoms with van der Waals surface area (Å²) < 4.78 is 27.0. The fourth-order valence-electron chi connectivity index (χ4n) is 1.25. The van der Waals surface area contributed by atoms with E-state index in [1.807, 2.05) is 0 Å². The molecular formula is C8H17NO3S2. The summed E-state index contributed by atoms with van der Waals surface area (Å²) in [5, 5.41) is 0.255.